The molecule has 0 bridgehead atoms. The van der Waals surface area contributed by atoms with E-state index in [1.165, 1.54) is 4.88 Å². The molecule has 4 aromatic rings. The van der Waals surface area contributed by atoms with Crippen LogP contribution in [0.5, 0.6) is 0 Å². The number of aromatic amines is 1. The summed E-state index contributed by atoms with van der Waals surface area (Å²) in [5, 5.41) is 16.7. The van der Waals surface area contributed by atoms with Gasteiger partial charge in [-0.25, -0.2) is 9.97 Å². The van der Waals surface area contributed by atoms with Gasteiger partial charge in [0, 0.05) is 28.2 Å². The number of aromatic nitrogens is 5. The van der Waals surface area contributed by atoms with Crippen molar-refractivity contribution >= 4 is 22.4 Å². The van der Waals surface area contributed by atoms with Crippen LogP contribution in [0.25, 0.3) is 22.3 Å². The molecular weight excluding hydrogens is 320 g/mol. The van der Waals surface area contributed by atoms with Crippen molar-refractivity contribution in [2.24, 2.45) is 0 Å². The van der Waals surface area contributed by atoms with Crippen molar-refractivity contribution in [3.05, 3.63) is 52.9 Å². The maximum atomic E-state index is 9.19. The van der Waals surface area contributed by atoms with Gasteiger partial charge in [0.15, 0.2) is 0 Å². The van der Waals surface area contributed by atoms with Gasteiger partial charge in [-0.15, -0.1) is 11.3 Å². The molecule has 0 saturated heterocycles. The fourth-order valence-corrected chi connectivity index (χ4v) is 3.57. The summed E-state index contributed by atoms with van der Waals surface area (Å²) in [5.41, 5.74) is 3.67. The Morgan fingerprint density at radius 1 is 1.42 bits per heavy atom. The molecule has 0 amide bonds. The van der Waals surface area contributed by atoms with Gasteiger partial charge < -0.3 is 4.98 Å². The highest BCUT2D eigenvalue weighted by Gasteiger charge is 2.17. The third-order valence-electron chi connectivity index (χ3n) is 3.97. The van der Waals surface area contributed by atoms with E-state index in [2.05, 4.69) is 44.5 Å². The fourth-order valence-electron chi connectivity index (χ4n) is 2.82. The Bertz CT molecular complexity index is 1030. The molecule has 0 aliphatic heterocycles. The Morgan fingerprint density at radius 2 is 2.33 bits per heavy atom. The van der Waals surface area contributed by atoms with Gasteiger partial charge in [0.25, 0.3) is 0 Å². The standard InChI is InChI=1S/C17H14N6S/c1-11-6-12(9-24-11)15(2-4-18)23-8-13(7-22-23)16-14-3-5-19-17(14)21-10-20-16/h3,5-10,15H,2H2,1H3,(H,19,20,21). The molecule has 0 saturated carbocycles. The van der Waals surface area contributed by atoms with Gasteiger partial charge in [-0.3, -0.25) is 4.68 Å². The number of nitrogens with zero attached hydrogens (tertiary/aromatic N) is 5. The number of nitrogens with one attached hydrogen (secondary N) is 1. The third-order valence-corrected chi connectivity index (χ3v) is 4.85. The van der Waals surface area contributed by atoms with Gasteiger partial charge in [-0.2, -0.15) is 10.4 Å². The second-order valence-corrected chi connectivity index (χ2v) is 6.66. The van der Waals surface area contributed by atoms with E-state index >= 15 is 0 Å². The van der Waals surface area contributed by atoms with Crippen LogP contribution in [0.1, 0.15) is 22.9 Å². The Labute approximate surface area is 142 Å². The monoisotopic (exact) mass is 334 g/mol. The van der Waals surface area contributed by atoms with Gasteiger partial charge >= 0.3 is 0 Å². The van der Waals surface area contributed by atoms with Crippen molar-refractivity contribution in [1.82, 2.24) is 24.7 Å². The van der Waals surface area contributed by atoms with E-state index < -0.39 is 0 Å². The number of H-pyrrole nitrogens is 1. The van der Waals surface area contributed by atoms with E-state index in [9.17, 15) is 5.26 Å². The van der Waals surface area contributed by atoms with Crippen molar-refractivity contribution < 1.29 is 0 Å². The summed E-state index contributed by atoms with van der Waals surface area (Å²) in [7, 11) is 0. The van der Waals surface area contributed by atoms with E-state index in [4.69, 9.17) is 0 Å². The lowest BCUT2D eigenvalue weighted by atomic mass is 10.1. The van der Waals surface area contributed by atoms with Crippen LogP contribution in [-0.4, -0.2) is 24.7 Å². The van der Waals surface area contributed by atoms with Crippen molar-refractivity contribution in [3.8, 4) is 17.3 Å². The normalized spacial score (nSPS) is 12.3. The lowest BCUT2D eigenvalue weighted by Gasteiger charge is -2.12. The summed E-state index contributed by atoms with van der Waals surface area (Å²) in [6, 6.07) is 6.25. The van der Waals surface area contributed by atoms with Crippen molar-refractivity contribution in [1.29, 1.82) is 5.26 Å². The van der Waals surface area contributed by atoms with Gasteiger partial charge in [0.2, 0.25) is 0 Å². The number of hydrogen-bond acceptors (Lipinski definition) is 5. The zero-order valence-electron chi connectivity index (χ0n) is 13.0. The van der Waals surface area contributed by atoms with Gasteiger partial charge in [-0.05, 0) is 30.0 Å². The van der Waals surface area contributed by atoms with Crippen molar-refractivity contribution in [2.45, 2.75) is 19.4 Å². The second-order valence-electron chi connectivity index (χ2n) is 5.54. The number of thiophene rings is 1. The first-order valence-electron chi connectivity index (χ1n) is 7.51. The first-order chi connectivity index (χ1) is 11.8. The molecule has 4 aromatic heterocycles. The molecule has 1 unspecified atom stereocenters. The van der Waals surface area contributed by atoms with Crippen molar-refractivity contribution in [3.63, 3.8) is 0 Å². The van der Waals surface area contributed by atoms with Crippen LogP contribution in [0.4, 0.5) is 0 Å². The number of hydrogen-bond donors (Lipinski definition) is 1. The smallest absolute Gasteiger partial charge is 0.141 e. The van der Waals surface area contributed by atoms with Crippen LogP contribution < -0.4 is 0 Å². The maximum absolute atomic E-state index is 9.19. The molecule has 0 fully saturated rings. The Morgan fingerprint density at radius 3 is 3.12 bits per heavy atom. The molecule has 0 aromatic carbocycles. The summed E-state index contributed by atoms with van der Waals surface area (Å²) in [6.45, 7) is 2.07. The van der Waals surface area contributed by atoms with Gasteiger partial charge in [0.05, 0.1) is 30.4 Å². The summed E-state index contributed by atoms with van der Waals surface area (Å²) in [6.07, 6.45) is 7.50. The molecule has 6 nitrogen and oxygen atoms in total. The fraction of sp³-hybridized carbons (Fsp3) is 0.176. The van der Waals surface area contributed by atoms with Gasteiger partial charge in [-0.1, -0.05) is 0 Å². The van der Waals surface area contributed by atoms with E-state index in [0.29, 0.717) is 6.42 Å². The highest BCUT2D eigenvalue weighted by molar-refractivity contribution is 7.10. The zero-order chi connectivity index (χ0) is 16.5. The van der Waals surface area contributed by atoms with E-state index in [0.717, 1.165) is 27.9 Å². The van der Waals surface area contributed by atoms with E-state index in [1.807, 2.05) is 23.1 Å². The average molecular weight is 334 g/mol. The van der Waals surface area contributed by atoms with Crippen LogP contribution in [-0.2, 0) is 0 Å². The molecule has 4 heterocycles. The van der Waals surface area contributed by atoms with Crippen LogP contribution in [0.15, 0.2) is 42.4 Å². The number of rotatable bonds is 4. The molecule has 7 heteroatoms. The number of aryl methyl sites for hydroxylation is 1. The molecular formula is C17H14N6S. The van der Waals surface area contributed by atoms with E-state index in [1.54, 1.807) is 23.9 Å². The minimum atomic E-state index is -0.0859. The minimum Gasteiger partial charge on any atom is -0.346 e. The first kappa shape index (κ1) is 14.6. The Hall–Kier alpha value is -2.98. The second kappa shape index (κ2) is 5.91. The SMILES string of the molecule is Cc1cc(C(CC#N)n2cc(-c3ncnc4[nH]ccc34)cn2)cs1. The molecule has 1 atom stereocenters. The zero-order valence-corrected chi connectivity index (χ0v) is 13.8. The first-order valence-corrected chi connectivity index (χ1v) is 8.39. The van der Waals surface area contributed by atoms with Crippen molar-refractivity contribution in [2.75, 3.05) is 0 Å². The molecule has 24 heavy (non-hydrogen) atoms. The molecule has 4 rings (SSSR count). The summed E-state index contributed by atoms with van der Waals surface area (Å²) in [5.74, 6) is 0. The van der Waals surface area contributed by atoms with E-state index in [-0.39, 0.29) is 6.04 Å². The average Bonchev–Trinajstić information content (AvgIpc) is 3.32. The lowest BCUT2D eigenvalue weighted by Crippen LogP contribution is -2.09. The Kier molecular flexibility index (Phi) is 3.59. The Balaban J connectivity index is 1.76. The quantitative estimate of drug-likeness (QED) is 0.617. The summed E-state index contributed by atoms with van der Waals surface area (Å²) < 4.78 is 1.85. The molecule has 0 spiro atoms. The largest absolute Gasteiger partial charge is 0.346 e. The molecule has 1 N–H and O–H groups in total. The molecule has 0 radical (unpaired) electrons. The van der Waals surface area contributed by atoms with Gasteiger partial charge in [0.1, 0.15) is 12.0 Å². The maximum Gasteiger partial charge on any atom is 0.141 e. The van der Waals surface area contributed by atoms with Crippen LogP contribution in [0.2, 0.25) is 0 Å². The minimum absolute atomic E-state index is 0.0859. The molecule has 118 valence electrons. The highest BCUT2D eigenvalue weighted by atomic mass is 32.1. The topological polar surface area (TPSA) is 83.2 Å². The summed E-state index contributed by atoms with van der Waals surface area (Å²) in [4.78, 5) is 12.9. The summed E-state index contributed by atoms with van der Waals surface area (Å²) >= 11 is 1.68. The lowest BCUT2D eigenvalue weighted by molar-refractivity contribution is 0.533. The third kappa shape index (κ3) is 2.47. The predicted molar refractivity (Wildman–Crippen MR) is 92.5 cm³/mol. The molecule has 0 aliphatic rings. The predicted octanol–water partition coefficient (Wildman–Crippen LogP) is 3.69. The van der Waals surface area contributed by atoms with Crippen LogP contribution >= 0.6 is 11.3 Å². The van der Waals surface area contributed by atoms with Crippen LogP contribution in [0.3, 0.4) is 0 Å². The number of nitriles is 1. The molecule has 0 aliphatic carbocycles. The number of fused-ring (bicyclic) bond motifs is 1. The van der Waals surface area contributed by atoms with Crippen LogP contribution in [0, 0.1) is 18.3 Å². The highest BCUT2D eigenvalue weighted by Crippen LogP contribution is 2.29.